The lowest BCUT2D eigenvalue weighted by Gasteiger charge is -2.35. The summed E-state index contributed by atoms with van der Waals surface area (Å²) >= 11 is 5.31. The lowest BCUT2D eigenvalue weighted by Crippen LogP contribution is -2.46. The third-order valence-corrected chi connectivity index (χ3v) is 4.23. The summed E-state index contributed by atoms with van der Waals surface area (Å²) in [4.78, 5) is 26.0. The van der Waals surface area contributed by atoms with E-state index in [-0.39, 0.29) is 0 Å². The van der Waals surface area contributed by atoms with E-state index in [1.165, 1.54) is 14.2 Å². The number of carbonyl (C=O) groups is 2. The first-order valence-electron chi connectivity index (χ1n) is 6.92. The van der Waals surface area contributed by atoms with E-state index in [1.807, 2.05) is 0 Å². The van der Waals surface area contributed by atoms with E-state index in [1.54, 1.807) is 43.1 Å². The number of methoxy groups -OCH3 is 2. The third kappa shape index (κ3) is 3.05. The van der Waals surface area contributed by atoms with Crippen molar-refractivity contribution in [3.8, 4) is 0 Å². The van der Waals surface area contributed by atoms with Crippen LogP contribution in [0, 0.1) is 0 Å². The summed E-state index contributed by atoms with van der Waals surface area (Å²) in [5.74, 6) is -0.955. The Kier molecular flexibility index (Phi) is 5.00. The van der Waals surface area contributed by atoms with Gasteiger partial charge in [0.15, 0.2) is 5.11 Å². The average molecular weight is 334 g/mol. The topological polar surface area (TPSA) is 67.9 Å². The van der Waals surface area contributed by atoms with Gasteiger partial charge in [-0.25, -0.2) is 9.59 Å². The van der Waals surface area contributed by atoms with Gasteiger partial charge in [-0.1, -0.05) is 18.2 Å². The highest BCUT2D eigenvalue weighted by Crippen LogP contribution is 2.32. The van der Waals surface area contributed by atoms with Gasteiger partial charge in [-0.05, 0) is 30.8 Å². The van der Waals surface area contributed by atoms with Gasteiger partial charge in [-0.2, -0.15) is 0 Å². The number of nitrogens with one attached hydrogen (secondary N) is 1. The van der Waals surface area contributed by atoms with Crippen LogP contribution in [0.4, 0.5) is 0 Å². The molecule has 1 heterocycles. The van der Waals surface area contributed by atoms with Gasteiger partial charge in [0.1, 0.15) is 0 Å². The molecule has 0 spiro atoms. The van der Waals surface area contributed by atoms with Crippen LogP contribution < -0.4 is 5.32 Å². The van der Waals surface area contributed by atoms with Crippen molar-refractivity contribution in [2.75, 3.05) is 21.3 Å². The number of thiocarbonyl (C=S) groups is 1. The van der Waals surface area contributed by atoms with Crippen LogP contribution in [0.3, 0.4) is 0 Å². The number of allylic oxidation sites excluding steroid dienone is 1. The van der Waals surface area contributed by atoms with Crippen LogP contribution in [0.15, 0.2) is 35.5 Å². The monoisotopic (exact) mass is 334 g/mol. The molecule has 0 aromatic heterocycles. The smallest absolute Gasteiger partial charge is 0.338 e. The van der Waals surface area contributed by atoms with Gasteiger partial charge in [0, 0.05) is 12.7 Å². The first-order chi connectivity index (χ1) is 10.9. The Hall–Kier alpha value is -2.41. The van der Waals surface area contributed by atoms with E-state index in [0.717, 1.165) is 0 Å². The molecule has 0 bridgehead atoms. The molecule has 1 atom stereocenters. The minimum absolute atomic E-state index is 0.369. The summed E-state index contributed by atoms with van der Waals surface area (Å²) in [6, 6.07) is 6.34. The quantitative estimate of drug-likeness (QED) is 0.667. The zero-order valence-corrected chi connectivity index (χ0v) is 14.2. The first kappa shape index (κ1) is 17.0. The van der Waals surface area contributed by atoms with Crippen LogP contribution in [0.1, 0.15) is 28.9 Å². The molecule has 7 heteroatoms. The van der Waals surface area contributed by atoms with Gasteiger partial charge in [-0.15, -0.1) is 0 Å². The highest BCUT2D eigenvalue weighted by molar-refractivity contribution is 7.80. The minimum Gasteiger partial charge on any atom is -0.466 e. The van der Waals surface area contributed by atoms with Gasteiger partial charge >= 0.3 is 11.9 Å². The number of hydrogen-bond acceptors (Lipinski definition) is 5. The molecule has 0 aliphatic carbocycles. The molecule has 0 fully saturated rings. The Labute approximate surface area is 140 Å². The van der Waals surface area contributed by atoms with Crippen molar-refractivity contribution in [3.63, 3.8) is 0 Å². The van der Waals surface area contributed by atoms with E-state index < -0.39 is 18.0 Å². The van der Waals surface area contributed by atoms with Crippen LogP contribution in [-0.2, 0) is 14.3 Å². The molecule has 1 aromatic rings. The van der Waals surface area contributed by atoms with E-state index >= 15 is 0 Å². The molecule has 23 heavy (non-hydrogen) atoms. The van der Waals surface area contributed by atoms with Crippen molar-refractivity contribution in [2.24, 2.45) is 0 Å². The predicted octanol–water partition coefficient (Wildman–Crippen LogP) is 1.78. The van der Waals surface area contributed by atoms with Crippen molar-refractivity contribution in [1.29, 1.82) is 0 Å². The molecule has 1 aliphatic rings. The Morgan fingerprint density at radius 1 is 1.17 bits per heavy atom. The second-order valence-electron chi connectivity index (χ2n) is 5.01. The minimum atomic E-state index is -0.582. The molecule has 2 rings (SSSR count). The van der Waals surface area contributed by atoms with Crippen molar-refractivity contribution < 1.29 is 19.1 Å². The Bertz CT molecular complexity index is 699. The highest BCUT2D eigenvalue weighted by Gasteiger charge is 2.35. The van der Waals surface area contributed by atoms with Crippen LogP contribution in [-0.4, -0.2) is 43.2 Å². The van der Waals surface area contributed by atoms with Crippen molar-refractivity contribution in [3.05, 3.63) is 46.7 Å². The molecule has 0 saturated heterocycles. The van der Waals surface area contributed by atoms with E-state index in [9.17, 15) is 9.59 Å². The van der Waals surface area contributed by atoms with Gasteiger partial charge < -0.3 is 19.7 Å². The Balaban J connectivity index is 2.63. The summed E-state index contributed by atoms with van der Waals surface area (Å²) in [6.07, 6.45) is 0. The van der Waals surface area contributed by atoms with Crippen LogP contribution in [0.25, 0.3) is 0 Å². The summed E-state index contributed by atoms with van der Waals surface area (Å²) in [5, 5.41) is 3.55. The maximum Gasteiger partial charge on any atom is 0.338 e. The van der Waals surface area contributed by atoms with Crippen LogP contribution >= 0.6 is 12.2 Å². The summed E-state index contributed by atoms with van der Waals surface area (Å²) < 4.78 is 9.72. The molecule has 0 radical (unpaired) electrons. The van der Waals surface area contributed by atoms with E-state index in [4.69, 9.17) is 21.7 Å². The van der Waals surface area contributed by atoms with Gasteiger partial charge in [0.25, 0.3) is 0 Å². The molecule has 1 unspecified atom stereocenters. The number of carbonyl (C=O) groups excluding carboxylic acids is 2. The van der Waals surface area contributed by atoms with Crippen LogP contribution in [0.5, 0.6) is 0 Å². The molecule has 0 amide bonds. The molecular weight excluding hydrogens is 316 g/mol. The number of rotatable bonds is 3. The second-order valence-corrected chi connectivity index (χ2v) is 5.40. The summed E-state index contributed by atoms with van der Waals surface area (Å²) in [7, 11) is 4.39. The van der Waals surface area contributed by atoms with Crippen molar-refractivity contribution in [1.82, 2.24) is 10.2 Å². The number of ether oxygens (including phenoxy) is 2. The fourth-order valence-electron chi connectivity index (χ4n) is 2.49. The van der Waals surface area contributed by atoms with Crippen molar-refractivity contribution >= 4 is 29.3 Å². The number of esters is 2. The number of hydrogen-bond donors (Lipinski definition) is 1. The average Bonchev–Trinajstić information content (AvgIpc) is 2.58. The van der Waals surface area contributed by atoms with E-state index in [2.05, 4.69) is 5.32 Å². The molecule has 1 aromatic carbocycles. The van der Waals surface area contributed by atoms with Crippen molar-refractivity contribution in [2.45, 2.75) is 13.0 Å². The maximum atomic E-state index is 12.3. The van der Waals surface area contributed by atoms with Crippen LogP contribution in [0.2, 0.25) is 0 Å². The zero-order valence-electron chi connectivity index (χ0n) is 13.4. The molecule has 0 saturated carbocycles. The highest BCUT2D eigenvalue weighted by atomic mass is 32.1. The normalized spacial score (nSPS) is 17.7. The van der Waals surface area contributed by atoms with Gasteiger partial charge in [0.05, 0.1) is 31.4 Å². The standard InChI is InChI=1S/C16H18N2O4S/c1-9-12(15(20)22-4)13(17-16(23)18(9)2)10-7-5-6-8-11(10)14(19)21-3/h5-8,13H,1-4H3,(H,17,23). The molecule has 122 valence electrons. The molecule has 6 nitrogen and oxygen atoms in total. The lowest BCUT2D eigenvalue weighted by atomic mass is 9.91. The third-order valence-electron chi connectivity index (χ3n) is 3.84. The lowest BCUT2D eigenvalue weighted by molar-refractivity contribution is -0.136. The van der Waals surface area contributed by atoms with Gasteiger partial charge in [-0.3, -0.25) is 0 Å². The summed E-state index contributed by atoms with van der Waals surface area (Å²) in [6.45, 7) is 1.78. The molecule has 1 aliphatic heterocycles. The summed E-state index contributed by atoms with van der Waals surface area (Å²) in [5.41, 5.74) is 2.05. The van der Waals surface area contributed by atoms with Gasteiger partial charge in [0.2, 0.25) is 0 Å². The Morgan fingerprint density at radius 2 is 1.78 bits per heavy atom. The molecule has 1 N–H and O–H groups in total. The number of nitrogens with zero attached hydrogens (tertiary/aromatic N) is 1. The molecular formula is C16H18N2O4S. The predicted molar refractivity (Wildman–Crippen MR) is 88.7 cm³/mol. The second kappa shape index (κ2) is 6.78. The largest absolute Gasteiger partial charge is 0.466 e. The Morgan fingerprint density at radius 3 is 2.39 bits per heavy atom. The van der Waals surface area contributed by atoms with E-state index in [0.29, 0.717) is 27.5 Å². The zero-order chi connectivity index (χ0) is 17.1. The fourth-order valence-corrected chi connectivity index (χ4v) is 2.74. The fraction of sp³-hybridized carbons (Fsp3) is 0.312. The maximum absolute atomic E-state index is 12.3. The SMILES string of the molecule is COC(=O)C1=C(C)N(C)C(=S)NC1c1ccccc1C(=O)OC. The number of benzene rings is 1. The first-order valence-corrected chi connectivity index (χ1v) is 7.33.